The van der Waals surface area contributed by atoms with Gasteiger partial charge in [-0.2, -0.15) is 0 Å². The number of anilines is 2. The highest BCUT2D eigenvalue weighted by Gasteiger charge is 2.43. The summed E-state index contributed by atoms with van der Waals surface area (Å²) in [6.07, 6.45) is -4.32. The number of carbonyl (C=O) groups excluding carboxylic acids is 3. The number of aliphatic hydroxyl groups is 1. The predicted octanol–water partition coefficient (Wildman–Crippen LogP) is 3.71. The van der Waals surface area contributed by atoms with Gasteiger partial charge in [-0.1, -0.05) is 23.5 Å². The van der Waals surface area contributed by atoms with Gasteiger partial charge in [0.15, 0.2) is 11.4 Å². The first-order chi connectivity index (χ1) is 21.5. The van der Waals surface area contributed by atoms with Crippen LogP contribution in [-0.4, -0.2) is 109 Å². The Morgan fingerprint density at radius 1 is 0.894 bits per heavy atom. The van der Waals surface area contributed by atoms with Crippen molar-refractivity contribution in [3.8, 4) is 0 Å². The van der Waals surface area contributed by atoms with E-state index in [4.69, 9.17) is 0 Å². The van der Waals surface area contributed by atoms with Gasteiger partial charge in [-0.05, 0) is 79.0 Å². The molecule has 47 heavy (non-hydrogen) atoms. The standard InChI is InChI=1S/C31H47N7O8S/c1-17(39)22(25(42)36(9)10)35-24(41)23-21(34-26(47-23)32-18(2)40)16-13-19-11-14-20(15-12-19)33-27(37(28(43)44)30(3,4)5)38(29(45)46)31(6,7)8/h11-12,14-15,17,22,27,33,39H,13,16H2,1-10H3,(H,35,41)(H,43,44)(H,45,46)(H,32,34,40)/t17-,22-/m0/s1. The first-order valence-electron chi connectivity index (χ1n) is 14.9. The molecule has 5 amide bonds. The van der Waals surface area contributed by atoms with Crippen LogP contribution in [-0.2, 0) is 22.4 Å². The second-order valence-corrected chi connectivity index (χ2v) is 14.3. The Balaban J connectivity index is 2.36. The van der Waals surface area contributed by atoms with Crippen LogP contribution in [0.1, 0.15) is 76.3 Å². The van der Waals surface area contributed by atoms with E-state index in [1.165, 1.54) is 32.8 Å². The number of carboxylic acid groups (broad SMARTS) is 2. The molecule has 2 rings (SSSR count). The Bertz CT molecular complexity index is 1410. The second-order valence-electron chi connectivity index (χ2n) is 13.3. The molecular weight excluding hydrogens is 630 g/mol. The van der Waals surface area contributed by atoms with Gasteiger partial charge >= 0.3 is 12.2 Å². The van der Waals surface area contributed by atoms with Gasteiger partial charge in [-0.15, -0.1) is 0 Å². The fourth-order valence-corrected chi connectivity index (χ4v) is 5.68. The molecule has 15 nitrogen and oxygen atoms in total. The SMILES string of the molecule is CC(=O)Nc1nc(CCc2ccc(NC(N(C(=O)O)C(C)(C)C)N(C(=O)O)C(C)(C)C)cc2)c(C(=O)N[C@H](C(=O)N(C)C)[C@H](C)O)s1. The number of rotatable bonds is 12. The summed E-state index contributed by atoms with van der Waals surface area (Å²) in [6.45, 7) is 12.8. The minimum Gasteiger partial charge on any atom is -0.465 e. The molecule has 16 heteroatoms. The molecule has 1 heterocycles. The summed E-state index contributed by atoms with van der Waals surface area (Å²) in [5.74, 6) is -1.48. The Hall–Kier alpha value is -4.44. The average molecular weight is 678 g/mol. The van der Waals surface area contributed by atoms with E-state index in [0.717, 1.165) is 26.7 Å². The minimum atomic E-state index is -1.30. The summed E-state index contributed by atoms with van der Waals surface area (Å²) in [5.41, 5.74) is -0.226. The third-order valence-corrected chi connectivity index (χ3v) is 7.92. The molecule has 0 bridgehead atoms. The maximum Gasteiger partial charge on any atom is 0.410 e. The number of aliphatic hydroxyl groups excluding tert-OH is 1. The van der Waals surface area contributed by atoms with Gasteiger partial charge in [-0.3, -0.25) is 24.2 Å². The third-order valence-electron chi connectivity index (χ3n) is 6.91. The third kappa shape index (κ3) is 10.5. The monoisotopic (exact) mass is 677 g/mol. The number of nitrogens with one attached hydrogen (secondary N) is 3. The second kappa shape index (κ2) is 15.4. The summed E-state index contributed by atoms with van der Waals surface area (Å²) in [4.78, 5) is 70.2. The number of amides is 5. The lowest BCUT2D eigenvalue weighted by atomic mass is 10.0. The maximum absolute atomic E-state index is 13.3. The molecule has 260 valence electrons. The van der Waals surface area contributed by atoms with E-state index >= 15 is 0 Å². The van der Waals surface area contributed by atoms with Crippen molar-refractivity contribution in [3.63, 3.8) is 0 Å². The van der Waals surface area contributed by atoms with Crippen LogP contribution in [0.2, 0.25) is 0 Å². The molecule has 1 aromatic carbocycles. The lowest BCUT2D eigenvalue weighted by Crippen LogP contribution is -2.66. The van der Waals surface area contributed by atoms with E-state index in [-0.39, 0.29) is 22.3 Å². The maximum atomic E-state index is 13.3. The van der Waals surface area contributed by atoms with Crippen molar-refractivity contribution in [2.24, 2.45) is 0 Å². The highest BCUT2D eigenvalue weighted by Crippen LogP contribution is 2.28. The lowest BCUT2D eigenvalue weighted by molar-refractivity contribution is -0.133. The van der Waals surface area contributed by atoms with E-state index in [1.807, 2.05) is 0 Å². The number of likely N-dealkylation sites (N-methyl/N-ethyl adjacent to an activating group) is 1. The van der Waals surface area contributed by atoms with Gasteiger partial charge in [0.05, 0.1) is 11.8 Å². The van der Waals surface area contributed by atoms with Crippen LogP contribution in [0.5, 0.6) is 0 Å². The molecular formula is C31H47N7O8S. The van der Waals surface area contributed by atoms with Crippen LogP contribution in [0, 0.1) is 0 Å². The van der Waals surface area contributed by atoms with Gasteiger partial charge in [0.25, 0.3) is 5.91 Å². The van der Waals surface area contributed by atoms with Crippen molar-refractivity contribution >= 4 is 52.1 Å². The molecule has 0 aliphatic carbocycles. The normalized spacial score (nSPS) is 12.9. The van der Waals surface area contributed by atoms with Crippen molar-refractivity contribution < 1.29 is 39.3 Å². The van der Waals surface area contributed by atoms with Crippen LogP contribution in [0.4, 0.5) is 20.4 Å². The Morgan fingerprint density at radius 2 is 1.40 bits per heavy atom. The van der Waals surface area contributed by atoms with Crippen LogP contribution >= 0.6 is 11.3 Å². The van der Waals surface area contributed by atoms with Gasteiger partial charge in [-0.25, -0.2) is 14.6 Å². The number of benzene rings is 1. The quantitative estimate of drug-likeness (QED) is 0.180. The van der Waals surface area contributed by atoms with Crippen LogP contribution in [0.25, 0.3) is 0 Å². The Labute approximate surface area is 278 Å². The van der Waals surface area contributed by atoms with Crippen molar-refractivity contribution in [2.75, 3.05) is 24.7 Å². The highest BCUT2D eigenvalue weighted by molar-refractivity contribution is 7.17. The fourth-order valence-electron chi connectivity index (χ4n) is 4.72. The van der Waals surface area contributed by atoms with E-state index in [2.05, 4.69) is 20.9 Å². The molecule has 0 saturated carbocycles. The van der Waals surface area contributed by atoms with Gasteiger partial charge < -0.3 is 36.2 Å². The first-order valence-corrected chi connectivity index (χ1v) is 15.7. The molecule has 2 aromatic rings. The molecule has 6 N–H and O–H groups in total. The number of hydrogen-bond acceptors (Lipinski definition) is 9. The van der Waals surface area contributed by atoms with Crippen LogP contribution in [0.15, 0.2) is 24.3 Å². The van der Waals surface area contributed by atoms with E-state index in [9.17, 15) is 39.3 Å². The average Bonchev–Trinajstić information content (AvgIpc) is 3.30. The summed E-state index contributed by atoms with van der Waals surface area (Å²) in [5, 5.41) is 38.8. The summed E-state index contributed by atoms with van der Waals surface area (Å²) >= 11 is 0.951. The molecule has 2 atom stereocenters. The number of aryl methyl sites for hydroxylation is 2. The van der Waals surface area contributed by atoms with Crippen molar-refractivity contribution in [3.05, 3.63) is 40.4 Å². The van der Waals surface area contributed by atoms with Crippen molar-refractivity contribution in [2.45, 2.75) is 97.7 Å². The summed E-state index contributed by atoms with van der Waals surface area (Å²) < 4.78 is 0. The van der Waals surface area contributed by atoms with E-state index < -0.39 is 53.5 Å². The number of aromatic nitrogens is 1. The molecule has 0 fully saturated rings. The molecule has 0 unspecified atom stereocenters. The zero-order valence-electron chi connectivity index (χ0n) is 28.5. The number of nitrogens with zero attached hydrogens (tertiary/aromatic N) is 4. The zero-order chi connectivity index (χ0) is 36.0. The van der Waals surface area contributed by atoms with Gasteiger partial charge in [0, 0.05) is 37.8 Å². The molecule has 1 aromatic heterocycles. The van der Waals surface area contributed by atoms with E-state index in [0.29, 0.717) is 17.8 Å². The number of hydrogen-bond donors (Lipinski definition) is 6. The highest BCUT2D eigenvalue weighted by atomic mass is 32.1. The molecule has 0 saturated heterocycles. The number of thiazole rings is 1. The van der Waals surface area contributed by atoms with Crippen LogP contribution in [0.3, 0.4) is 0 Å². The summed E-state index contributed by atoms with van der Waals surface area (Å²) in [7, 11) is 3.02. The smallest absolute Gasteiger partial charge is 0.410 e. The molecule has 0 aliphatic heterocycles. The summed E-state index contributed by atoms with van der Waals surface area (Å²) in [6, 6.07) is 5.77. The van der Waals surface area contributed by atoms with Crippen molar-refractivity contribution in [1.82, 2.24) is 25.0 Å². The van der Waals surface area contributed by atoms with Crippen LogP contribution < -0.4 is 16.0 Å². The topological polar surface area (TPSA) is 205 Å². The molecule has 0 radical (unpaired) electrons. The van der Waals surface area contributed by atoms with Crippen molar-refractivity contribution in [1.29, 1.82) is 0 Å². The lowest BCUT2D eigenvalue weighted by Gasteiger charge is -2.48. The minimum absolute atomic E-state index is 0.180. The Kier molecular flexibility index (Phi) is 12.7. The fraction of sp³-hybridized carbons (Fsp3) is 0.548. The largest absolute Gasteiger partial charge is 0.465 e. The predicted molar refractivity (Wildman–Crippen MR) is 179 cm³/mol. The van der Waals surface area contributed by atoms with E-state index in [1.54, 1.807) is 65.8 Å². The molecule has 0 aliphatic rings. The zero-order valence-corrected chi connectivity index (χ0v) is 29.4. The first kappa shape index (κ1) is 38.7. The van der Waals surface area contributed by atoms with Gasteiger partial charge in [0.2, 0.25) is 11.8 Å². The Morgan fingerprint density at radius 3 is 1.81 bits per heavy atom. The van der Waals surface area contributed by atoms with Gasteiger partial charge in [0.1, 0.15) is 10.9 Å². The molecule has 0 spiro atoms. The number of carbonyl (C=O) groups is 5.